The van der Waals surface area contributed by atoms with Gasteiger partial charge in [0.2, 0.25) is 5.91 Å². The van der Waals surface area contributed by atoms with Crippen molar-refractivity contribution in [3.63, 3.8) is 0 Å². The van der Waals surface area contributed by atoms with Crippen molar-refractivity contribution in [3.8, 4) is 0 Å². The zero-order valence-electron chi connectivity index (χ0n) is 13.7. The standard InChI is InChI=1S/C18H24FNO3/c1-12-9-13(3-4-15(12)19)10-17(22)20-8-7-18(23-2)6-5-14(21)11-16(18)20/h3-4,9,14,16,21H,5-8,10-11H2,1-2H3/t14-,16-,18+/m0/s1. The number of fused-ring (bicyclic) bond motifs is 1. The van der Waals surface area contributed by atoms with Gasteiger partial charge in [-0.1, -0.05) is 12.1 Å². The minimum Gasteiger partial charge on any atom is -0.393 e. The number of rotatable bonds is 3. The smallest absolute Gasteiger partial charge is 0.227 e. The van der Waals surface area contributed by atoms with Crippen LogP contribution in [0.1, 0.15) is 36.8 Å². The third-order valence-corrected chi connectivity index (χ3v) is 5.46. The molecule has 0 radical (unpaired) electrons. The van der Waals surface area contributed by atoms with Crippen molar-refractivity contribution in [2.45, 2.75) is 56.8 Å². The minimum atomic E-state index is -0.371. The zero-order chi connectivity index (χ0) is 16.6. The number of aliphatic hydroxyl groups is 1. The van der Waals surface area contributed by atoms with Crippen LogP contribution in [0.25, 0.3) is 0 Å². The number of nitrogens with zero attached hydrogens (tertiary/aromatic N) is 1. The van der Waals surface area contributed by atoms with E-state index in [2.05, 4.69) is 0 Å². The molecule has 0 spiro atoms. The van der Waals surface area contributed by atoms with E-state index in [9.17, 15) is 14.3 Å². The number of methoxy groups -OCH3 is 1. The summed E-state index contributed by atoms with van der Waals surface area (Å²) in [7, 11) is 1.70. The lowest BCUT2D eigenvalue weighted by atomic mass is 9.79. The molecule has 0 unspecified atom stereocenters. The van der Waals surface area contributed by atoms with Crippen LogP contribution in [0, 0.1) is 12.7 Å². The molecule has 1 aromatic carbocycles. The summed E-state index contributed by atoms with van der Waals surface area (Å²) in [6.45, 7) is 2.36. The first-order chi connectivity index (χ1) is 10.9. The Morgan fingerprint density at radius 2 is 2.26 bits per heavy atom. The zero-order valence-corrected chi connectivity index (χ0v) is 13.7. The Morgan fingerprint density at radius 1 is 1.48 bits per heavy atom. The molecule has 1 aromatic rings. The van der Waals surface area contributed by atoms with E-state index < -0.39 is 0 Å². The van der Waals surface area contributed by atoms with Crippen molar-refractivity contribution >= 4 is 5.91 Å². The van der Waals surface area contributed by atoms with Gasteiger partial charge in [0, 0.05) is 13.7 Å². The topological polar surface area (TPSA) is 49.8 Å². The number of carbonyl (C=O) groups is 1. The largest absolute Gasteiger partial charge is 0.393 e. The number of benzene rings is 1. The first-order valence-electron chi connectivity index (χ1n) is 8.23. The second kappa shape index (κ2) is 6.21. The van der Waals surface area contributed by atoms with Crippen molar-refractivity contribution in [3.05, 3.63) is 35.1 Å². The van der Waals surface area contributed by atoms with Crippen LogP contribution in [0.4, 0.5) is 4.39 Å². The van der Waals surface area contributed by atoms with Crippen LogP contribution in [0.5, 0.6) is 0 Å². The van der Waals surface area contributed by atoms with Gasteiger partial charge in [-0.2, -0.15) is 0 Å². The van der Waals surface area contributed by atoms with Gasteiger partial charge in [0.1, 0.15) is 5.82 Å². The number of hydrogen-bond acceptors (Lipinski definition) is 3. The van der Waals surface area contributed by atoms with E-state index >= 15 is 0 Å². The minimum absolute atomic E-state index is 0.0223. The molecular weight excluding hydrogens is 297 g/mol. The predicted molar refractivity (Wildman–Crippen MR) is 84.6 cm³/mol. The molecule has 4 nitrogen and oxygen atoms in total. The van der Waals surface area contributed by atoms with Gasteiger partial charge in [0.25, 0.3) is 0 Å². The van der Waals surface area contributed by atoms with Gasteiger partial charge in [0.05, 0.1) is 24.2 Å². The van der Waals surface area contributed by atoms with E-state index in [0.29, 0.717) is 18.5 Å². The molecule has 1 saturated carbocycles. The molecular formula is C18H24FNO3. The average Bonchev–Trinajstić information content (AvgIpc) is 2.90. The number of carbonyl (C=O) groups excluding carboxylic acids is 1. The predicted octanol–water partition coefficient (Wildman–Crippen LogP) is 2.21. The van der Waals surface area contributed by atoms with Gasteiger partial charge < -0.3 is 14.7 Å². The lowest BCUT2D eigenvalue weighted by Crippen LogP contribution is -2.53. The molecule has 1 aliphatic heterocycles. The number of likely N-dealkylation sites (tertiary alicyclic amines) is 1. The number of ether oxygens (including phenoxy) is 1. The molecule has 1 N–H and O–H groups in total. The maximum Gasteiger partial charge on any atom is 0.227 e. The quantitative estimate of drug-likeness (QED) is 0.928. The summed E-state index contributed by atoms with van der Waals surface area (Å²) in [6.07, 6.45) is 2.79. The molecule has 1 saturated heterocycles. The van der Waals surface area contributed by atoms with E-state index in [4.69, 9.17) is 4.74 Å². The third kappa shape index (κ3) is 3.00. The van der Waals surface area contributed by atoms with Crippen LogP contribution in [0.15, 0.2) is 18.2 Å². The van der Waals surface area contributed by atoms with E-state index in [1.165, 1.54) is 6.07 Å². The molecule has 3 atom stereocenters. The molecule has 5 heteroatoms. The van der Waals surface area contributed by atoms with E-state index in [0.717, 1.165) is 24.8 Å². The van der Waals surface area contributed by atoms with Crippen molar-refractivity contribution in [2.24, 2.45) is 0 Å². The summed E-state index contributed by atoms with van der Waals surface area (Å²) in [4.78, 5) is 14.6. The monoisotopic (exact) mass is 321 g/mol. The highest BCUT2D eigenvalue weighted by Crippen LogP contribution is 2.42. The van der Waals surface area contributed by atoms with Crippen LogP contribution in [0.2, 0.25) is 0 Å². The molecule has 2 fully saturated rings. The lowest BCUT2D eigenvalue weighted by Gasteiger charge is -2.42. The highest BCUT2D eigenvalue weighted by Gasteiger charge is 2.52. The summed E-state index contributed by atoms with van der Waals surface area (Å²) in [5.74, 6) is -0.231. The summed E-state index contributed by atoms with van der Waals surface area (Å²) in [6, 6.07) is 4.73. The first-order valence-corrected chi connectivity index (χ1v) is 8.23. The summed E-state index contributed by atoms with van der Waals surface area (Å²) in [5.41, 5.74) is 1.06. The second-order valence-corrected chi connectivity index (χ2v) is 6.81. The lowest BCUT2D eigenvalue weighted by molar-refractivity contribution is -0.139. The molecule has 3 rings (SSSR count). The maximum atomic E-state index is 13.4. The molecule has 1 heterocycles. The van der Waals surface area contributed by atoms with Crippen molar-refractivity contribution in [1.29, 1.82) is 0 Å². The van der Waals surface area contributed by atoms with Crippen molar-refractivity contribution in [1.82, 2.24) is 4.90 Å². The van der Waals surface area contributed by atoms with E-state index in [-0.39, 0.29) is 35.9 Å². The summed E-state index contributed by atoms with van der Waals surface area (Å²) < 4.78 is 19.1. The molecule has 2 aliphatic rings. The Kier molecular flexibility index (Phi) is 4.43. The van der Waals surface area contributed by atoms with Gasteiger partial charge in [-0.05, 0) is 49.8 Å². The maximum absolute atomic E-state index is 13.4. The Balaban J connectivity index is 1.75. The van der Waals surface area contributed by atoms with Crippen LogP contribution < -0.4 is 0 Å². The molecule has 126 valence electrons. The molecule has 1 aliphatic carbocycles. The molecule has 1 amide bonds. The van der Waals surface area contributed by atoms with Crippen LogP contribution >= 0.6 is 0 Å². The normalized spacial score (nSPS) is 30.3. The van der Waals surface area contributed by atoms with Crippen molar-refractivity contribution in [2.75, 3.05) is 13.7 Å². The van der Waals surface area contributed by atoms with Gasteiger partial charge in [0.15, 0.2) is 0 Å². The number of amides is 1. The summed E-state index contributed by atoms with van der Waals surface area (Å²) in [5, 5.41) is 9.99. The third-order valence-electron chi connectivity index (χ3n) is 5.46. The molecule has 0 aromatic heterocycles. The number of aryl methyl sites for hydroxylation is 1. The van der Waals surface area contributed by atoms with Gasteiger partial charge in [-0.25, -0.2) is 4.39 Å². The fourth-order valence-electron chi connectivity index (χ4n) is 4.07. The van der Waals surface area contributed by atoms with Gasteiger partial charge in [-0.3, -0.25) is 4.79 Å². The van der Waals surface area contributed by atoms with Crippen LogP contribution in [-0.4, -0.2) is 47.3 Å². The first kappa shape index (κ1) is 16.4. The molecule has 0 bridgehead atoms. The number of hydrogen-bond donors (Lipinski definition) is 1. The van der Waals surface area contributed by atoms with Crippen molar-refractivity contribution < 1.29 is 19.0 Å². The van der Waals surface area contributed by atoms with Gasteiger partial charge >= 0.3 is 0 Å². The van der Waals surface area contributed by atoms with Crippen LogP contribution in [-0.2, 0) is 16.0 Å². The second-order valence-electron chi connectivity index (χ2n) is 6.81. The Labute approximate surface area is 136 Å². The Bertz CT molecular complexity index is 606. The van der Waals surface area contributed by atoms with Gasteiger partial charge in [-0.15, -0.1) is 0 Å². The highest BCUT2D eigenvalue weighted by molar-refractivity contribution is 5.79. The van der Waals surface area contributed by atoms with E-state index in [1.807, 2.05) is 4.90 Å². The fraction of sp³-hybridized carbons (Fsp3) is 0.611. The number of halogens is 1. The highest BCUT2D eigenvalue weighted by atomic mass is 19.1. The SMILES string of the molecule is CO[C@@]12CC[C@H](O)C[C@@H]1N(C(=O)Cc1ccc(F)c(C)c1)CC2. The van der Waals surface area contributed by atoms with Crippen LogP contribution in [0.3, 0.4) is 0 Å². The number of aliphatic hydroxyl groups excluding tert-OH is 1. The Hall–Kier alpha value is -1.46. The Morgan fingerprint density at radius 3 is 2.96 bits per heavy atom. The molecule has 23 heavy (non-hydrogen) atoms. The van der Waals surface area contributed by atoms with E-state index in [1.54, 1.807) is 26.2 Å². The fourth-order valence-corrected chi connectivity index (χ4v) is 4.07. The average molecular weight is 321 g/mol. The summed E-state index contributed by atoms with van der Waals surface area (Å²) >= 11 is 0.